The maximum atomic E-state index is 6.23. The average Bonchev–Trinajstić information content (AvgIpc) is 2.39. The fraction of sp³-hybridized carbons (Fsp3) is 0.667. The van der Waals surface area contributed by atoms with Gasteiger partial charge in [0, 0.05) is 13.1 Å². The molecule has 2 rings (SSSR count). The normalized spacial score (nSPS) is 16.6. The van der Waals surface area contributed by atoms with Crippen molar-refractivity contribution in [3.05, 3.63) is 16.1 Å². The molecule has 1 heterocycles. The number of halogens is 2. The van der Waals surface area contributed by atoms with Crippen molar-refractivity contribution in [2.24, 2.45) is 5.41 Å². The summed E-state index contributed by atoms with van der Waals surface area (Å²) >= 11 is 12.4. The summed E-state index contributed by atoms with van der Waals surface area (Å²) in [6.07, 6.45) is 6.15. The highest BCUT2D eigenvalue weighted by Crippen LogP contribution is 2.44. The molecule has 5 heteroatoms. The molecular formula is C15H23Cl2N3. The highest BCUT2D eigenvalue weighted by molar-refractivity contribution is 6.37. The second kappa shape index (κ2) is 6.86. The average molecular weight is 316 g/mol. The van der Waals surface area contributed by atoms with Gasteiger partial charge in [0.15, 0.2) is 0 Å². The predicted molar refractivity (Wildman–Crippen MR) is 88.1 cm³/mol. The maximum absolute atomic E-state index is 6.23. The lowest BCUT2D eigenvalue weighted by molar-refractivity contribution is 0.145. The van der Waals surface area contributed by atoms with Crippen LogP contribution in [0.25, 0.3) is 0 Å². The van der Waals surface area contributed by atoms with Gasteiger partial charge in [-0.25, -0.2) is 4.98 Å². The van der Waals surface area contributed by atoms with E-state index in [2.05, 4.69) is 29.5 Å². The van der Waals surface area contributed by atoms with E-state index in [1.807, 2.05) is 0 Å². The molecule has 0 bridgehead atoms. The van der Waals surface area contributed by atoms with Gasteiger partial charge in [-0.1, -0.05) is 43.5 Å². The molecule has 20 heavy (non-hydrogen) atoms. The summed E-state index contributed by atoms with van der Waals surface area (Å²) in [6.45, 7) is 6.15. The third-order valence-corrected chi connectivity index (χ3v) is 4.84. The first-order valence-corrected chi connectivity index (χ1v) is 8.19. The van der Waals surface area contributed by atoms with Crippen LogP contribution in [0, 0.1) is 5.41 Å². The second-order valence-electron chi connectivity index (χ2n) is 5.64. The number of hydrogen-bond donors (Lipinski definition) is 2. The van der Waals surface area contributed by atoms with Gasteiger partial charge in [0.05, 0.1) is 10.0 Å². The molecular weight excluding hydrogens is 293 g/mol. The second-order valence-corrected chi connectivity index (χ2v) is 6.45. The zero-order valence-corrected chi connectivity index (χ0v) is 13.7. The standard InChI is InChI=1S/C15H23Cl2N3/c1-3-8-18-13-11(16)9-12(17)14(20-13)19-10-15(4-2)6-5-7-15/h9H,3-8,10H2,1-2H3,(H2,18,19,20). The summed E-state index contributed by atoms with van der Waals surface area (Å²) in [4.78, 5) is 4.52. The van der Waals surface area contributed by atoms with Gasteiger partial charge in [-0.15, -0.1) is 0 Å². The van der Waals surface area contributed by atoms with Gasteiger partial charge >= 0.3 is 0 Å². The fourth-order valence-electron chi connectivity index (χ4n) is 2.56. The molecule has 1 aliphatic carbocycles. The van der Waals surface area contributed by atoms with E-state index >= 15 is 0 Å². The van der Waals surface area contributed by atoms with E-state index < -0.39 is 0 Å². The smallest absolute Gasteiger partial charge is 0.147 e. The molecule has 112 valence electrons. The summed E-state index contributed by atoms with van der Waals surface area (Å²) in [5.74, 6) is 1.44. The molecule has 1 saturated carbocycles. The number of rotatable bonds is 7. The molecule has 0 aromatic carbocycles. The summed E-state index contributed by atoms with van der Waals surface area (Å²) in [7, 11) is 0. The van der Waals surface area contributed by atoms with Gasteiger partial charge in [-0.3, -0.25) is 0 Å². The SMILES string of the molecule is CCCNc1nc(NCC2(CC)CCC2)c(Cl)cc1Cl. The van der Waals surface area contributed by atoms with Crippen LogP contribution in [0.4, 0.5) is 11.6 Å². The van der Waals surface area contributed by atoms with Crippen LogP contribution in [0.3, 0.4) is 0 Å². The monoisotopic (exact) mass is 315 g/mol. The molecule has 1 aromatic heterocycles. The predicted octanol–water partition coefficient (Wildman–Crippen LogP) is 5.20. The van der Waals surface area contributed by atoms with Crippen molar-refractivity contribution < 1.29 is 0 Å². The lowest BCUT2D eigenvalue weighted by atomic mass is 9.67. The van der Waals surface area contributed by atoms with Crippen LogP contribution in [0.1, 0.15) is 46.0 Å². The molecule has 1 aliphatic rings. The molecule has 1 aromatic rings. The van der Waals surface area contributed by atoms with Crippen LogP contribution in [-0.2, 0) is 0 Å². The molecule has 3 nitrogen and oxygen atoms in total. The molecule has 0 aliphatic heterocycles. The minimum atomic E-state index is 0.432. The first-order valence-electron chi connectivity index (χ1n) is 7.44. The van der Waals surface area contributed by atoms with Crippen molar-refractivity contribution >= 4 is 34.8 Å². The Morgan fingerprint density at radius 3 is 2.30 bits per heavy atom. The zero-order valence-electron chi connectivity index (χ0n) is 12.2. The van der Waals surface area contributed by atoms with Crippen LogP contribution >= 0.6 is 23.2 Å². The molecule has 0 amide bonds. The highest BCUT2D eigenvalue weighted by atomic mass is 35.5. The largest absolute Gasteiger partial charge is 0.369 e. The maximum Gasteiger partial charge on any atom is 0.147 e. The first-order chi connectivity index (χ1) is 9.60. The van der Waals surface area contributed by atoms with Gasteiger partial charge in [0.1, 0.15) is 11.6 Å². The highest BCUT2D eigenvalue weighted by Gasteiger charge is 2.34. The Kier molecular flexibility index (Phi) is 5.39. The van der Waals surface area contributed by atoms with Gasteiger partial charge in [-0.05, 0) is 37.2 Å². The van der Waals surface area contributed by atoms with E-state index in [0.717, 1.165) is 25.3 Å². The minimum Gasteiger partial charge on any atom is -0.369 e. The van der Waals surface area contributed by atoms with Gasteiger partial charge in [0.25, 0.3) is 0 Å². The van der Waals surface area contributed by atoms with Crippen molar-refractivity contribution in [2.75, 3.05) is 23.7 Å². The van der Waals surface area contributed by atoms with Crippen LogP contribution in [0.2, 0.25) is 10.0 Å². The van der Waals surface area contributed by atoms with Gasteiger partial charge < -0.3 is 10.6 Å². The Hall–Kier alpha value is -0.670. The van der Waals surface area contributed by atoms with Crippen molar-refractivity contribution in [2.45, 2.75) is 46.0 Å². The Bertz CT molecular complexity index is 453. The Morgan fingerprint density at radius 2 is 1.80 bits per heavy atom. The van der Waals surface area contributed by atoms with E-state index in [0.29, 0.717) is 21.3 Å². The molecule has 2 N–H and O–H groups in total. The van der Waals surface area contributed by atoms with Gasteiger partial charge in [0.2, 0.25) is 0 Å². The molecule has 0 saturated heterocycles. The lowest BCUT2D eigenvalue weighted by Gasteiger charge is -2.41. The van der Waals surface area contributed by atoms with Gasteiger partial charge in [-0.2, -0.15) is 0 Å². The fourth-order valence-corrected chi connectivity index (χ4v) is 3.05. The Morgan fingerprint density at radius 1 is 1.15 bits per heavy atom. The van der Waals surface area contributed by atoms with Crippen LogP contribution < -0.4 is 10.6 Å². The number of anilines is 2. The quantitative estimate of drug-likeness (QED) is 0.725. The third kappa shape index (κ3) is 3.50. The lowest BCUT2D eigenvalue weighted by Crippen LogP contribution is -2.36. The zero-order chi connectivity index (χ0) is 14.6. The van der Waals surface area contributed by atoms with Crippen LogP contribution in [0.15, 0.2) is 6.07 Å². The van der Waals surface area contributed by atoms with E-state index in [1.54, 1.807) is 6.07 Å². The molecule has 0 spiro atoms. The number of nitrogens with one attached hydrogen (secondary N) is 2. The van der Waals surface area contributed by atoms with Crippen molar-refractivity contribution in [3.8, 4) is 0 Å². The summed E-state index contributed by atoms with van der Waals surface area (Å²) in [6, 6.07) is 1.76. The number of pyridine rings is 1. The summed E-state index contributed by atoms with van der Waals surface area (Å²) in [5, 5.41) is 7.79. The van der Waals surface area contributed by atoms with Crippen LogP contribution in [-0.4, -0.2) is 18.1 Å². The minimum absolute atomic E-state index is 0.432. The van der Waals surface area contributed by atoms with Crippen molar-refractivity contribution in [1.82, 2.24) is 4.98 Å². The van der Waals surface area contributed by atoms with E-state index in [9.17, 15) is 0 Å². The summed E-state index contributed by atoms with van der Waals surface area (Å²) in [5.41, 5.74) is 0.432. The first kappa shape index (κ1) is 15.7. The topological polar surface area (TPSA) is 37.0 Å². The third-order valence-electron chi connectivity index (χ3n) is 4.27. The molecule has 0 radical (unpaired) electrons. The molecule has 1 fully saturated rings. The Labute approximate surface area is 131 Å². The molecule has 0 unspecified atom stereocenters. The van der Waals surface area contributed by atoms with E-state index in [1.165, 1.54) is 25.7 Å². The van der Waals surface area contributed by atoms with Crippen molar-refractivity contribution in [3.63, 3.8) is 0 Å². The van der Waals surface area contributed by atoms with Crippen LogP contribution in [0.5, 0.6) is 0 Å². The Balaban J connectivity index is 2.06. The number of hydrogen-bond acceptors (Lipinski definition) is 3. The number of nitrogens with zero attached hydrogens (tertiary/aromatic N) is 1. The van der Waals surface area contributed by atoms with Crippen molar-refractivity contribution in [1.29, 1.82) is 0 Å². The summed E-state index contributed by atoms with van der Waals surface area (Å²) < 4.78 is 0. The molecule has 0 atom stereocenters. The van der Waals surface area contributed by atoms with E-state index in [4.69, 9.17) is 23.2 Å². The van der Waals surface area contributed by atoms with E-state index in [-0.39, 0.29) is 0 Å². The number of aromatic nitrogens is 1.